The number of rotatable bonds is 7. The fourth-order valence-corrected chi connectivity index (χ4v) is 5.14. The number of carbonyl (C=O) groups excluding carboxylic acids is 1. The Hall–Kier alpha value is -3.48. The predicted molar refractivity (Wildman–Crippen MR) is 147 cm³/mol. The van der Waals surface area contributed by atoms with Crippen molar-refractivity contribution in [3.8, 4) is 22.4 Å². The van der Waals surface area contributed by atoms with Crippen LogP contribution in [0.3, 0.4) is 0 Å². The third kappa shape index (κ3) is 5.83. The number of amides is 1. The van der Waals surface area contributed by atoms with E-state index >= 15 is 0 Å². The zero-order valence-electron chi connectivity index (χ0n) is 20.5. The molecule has 2 heterocycles. The van der Waals surface area contributed by atoms with Crippen LogP contribution in [0.1, 0.15) is 22.8 Å². The summed E-state index contributed by atoms with van der Waals surface area (Å²) in [5, 5.41) is 9.74. The zero-order chi connectivity index (χ0) is 24.7. The van der Waals surface area contributed by atoms with Gasteiger partial charge in [0, 0.05) is 43.1 Å². The topological polar surface area (TPSA) is 49.3 Å². The second kappa shape index (κ2) is 11.5. The van der Waals surface area contributed by atoms with Crippen LogP contribution < -0.4 is 0 Å². The van der Waals surface area contributed by atoms with E-state index in [-0.39, 0.29) is 5.91 Å². The van der Waals surface area contributed by atoms with Gasteiger partial charge in [0.1, 0.15) is 5.03 Å². The van der Waals surface area contributed by atoms with Crippen LogP contribution in [0.2, 0.25) is 0 Å². The fraction of sp³-hybridized carbons (Fsp3) is 0.233. The van der Waals surface area contributed by atoms with Crippen molar-refractivity contribution in [2.75, 3.05) is 32.7 Å². The van der Waals surface area contributed by atoms with Gasteiger partial charge in [-0.2, -0.15) is 0 Å². The molecule has 0 N–H and O–H groups in total. The third-order valence-corrected chi connectivity index (χ3v) is 7.61. The van der Waals surface area contributed by atoms with E-state index < -0.39 is 0 Å². The molecule has 3 aromatic carbocycles. The minimum atomic E-state index is 0.128. The lowest BCUT2D eigenvalue weighted by Crippen LogP contribution is -2.48. The van der Waals surface area contributed by atoms with E-state index in [4.69, 9.17) is 0 Å². The van der Waals surface area contributed by atoms with Gasteiger partial charge in [-0.1, -0.05) is 85.4 Å². The Bertz CT molecular complexity index is 1270. The van der Waals surface area contributed by atoms with Gasteiger partial charge in [0.25, 0.3) is 5.91 Å². The first-order valence-corrected chi connectivity index (χ1v) is 13.4. The molecular formula is C30H30N4OS. The smallest absolute Gasteiger partial charge is 0.253 e. The van der Waals surface area contributed by atoms with Gasteiger partial charge >= 0.3 is 0 Å². The van der Waals surface area contributed by atoms with Gasteiger partial charge in [0.15, 0.2) is 0 Å². The van der Waals surface area contributed by atoms with Crippen molar-refractivity contribution in [1.29, 1.82) is 0 Å². The van der Waals surface area contributed by atoms with Crippen molar-refractivity contribution >= 4 is 17.7 Å². The highest BCUT2D eigenvalue weighted by Gasteiger charge is 2.21. The molecule has 0 spiro atoms. The maximum Gasteiger partial charge on any atom is 0.253 e. The number of thioether (sulfide) groups is 1. The van der Waals surface area contributed by atoms with E-state index in [2.05, 4.69) is 70.6 Å². The summed E-state index contributed by atoms with van der Waals surface area (Å²) in [6, 6.07) is 30.8. The number of piperazine rings is 1. The highest BCUT2D eigenvalue weighted by molar-refractivity contribution is 7.98. The maximum absolute atomic E-state index is 12.8. The first-order valence-electron chi connectivity index (χ1n) is 12.4. The quantitative estimate of drug-likeness (QED) is 0.300. The molecule has 0 bridgehead atoms. The lowest BCUT2D eigenvalue weighted by atomic mass is 10.0. The molecule has 1 saturated heterocycles. The van der Waals surface area contributed by atoms with Gasteiger partial charge < -0.3 is 9.80 Å². The van der Waals surface area contributed by atoms with E-state index in [0.29, 0.717) is 0 Å². The van der Waals surface area contributed by atoms with Crippen LogP contribution in [0.4, 0.5) is 0 Å². The van der Waals surface area contributed by atoms with E-state index in [1.54, 1.807) is 11.8 Å². The normalized spacial score (nSPS) is 14.1. The molecule has 5 nitrogen and oxygen atoms in total. The molecule has 0 radical (unpaired) electrons. The van der Waals surface area contributed by atoms with Crippen molar-refractivity contribution in [3.05, 3.63) is 102 Å². The van der Waals surface area contributed by atoms with Crippen LogP contribution in [0.25, 0.3) is 22.4 Å². The summed E-state index contributed by atoms with van der Waals surface area (Å²) in [4.78, 5) is 17.1. The molecule has 1 fully saturated rings. The van der Waals surface area contributed by atoms with Crippen LogP contribution in [-0.4, -0.2) is 58.6 Å². The molecule has 0 aliphatic carbocycles. The second-order valence-electron chi connectivity index (χ2n) is 8.91. The minimum absolute atomic E-state index is 0.128. The van der Waals surface area contributed by atoms with Crippen molar-refractivity contribution in [3.63, 3.8) is 0 Å². The van der Waals surface area contributed by atoms with Crippen LogP contribution in [-0.2, 0) is 5.75 Å². The summed E-state index contributed by atoms with van der Waals surface area (Å²) < 4.78 is 0. The molecule has 1 aliphatic rings. The van der Waals surface area contributed by atoms with Crippen LogP contribution in [0, 0.1) is 0 Å². The SMILES string of the molecule is CCN1CCN(C(=O)c2ccc(CSc3ccc(-c4ccc(-c5ccccc5)cc4)nn3)cc2)CC1. The Kier molecular flexibility index (Phi) is 7.74. The number of hydrogen-bond donors (Lipinski definition) is 0. The van der Waals surface area contributed by atoms with Crippen molar-refractivity contribution < 1.29 is 4.79 Å². The largest absolute Gasteiger partial charge is 0.336 e. The number of nitrogens with zero attached hydrogens (tertiary/aromatic N) is 4. The molecule has 182 valence electrons. The maximum atomic E-state index is 12.8. The molecule has 1 aromatic heterocycles. The predicted octanol–water partition coefficient (Wildman–Crippen LogP) is 5.88. The summed E-state index contributed by atoms with van der Waals surface area (Å²) >= 11 is 1.65. The first kappa shape index (κ1) is 24.2. The van der Waals surface area contributed by atoms with Gasteiger partial charge in [-0.15, -0.1) is 10.2 Å². The second-order valence-corrected chi connectivity index (χ2v) is 9.91. The van der Waals surface area contributed by atoms with Gasteiger partial charge in [0.05, 0.1) is 5.69 Å². The van der Waals surface area contributed by atoms with E-state index in [9.17, 15) is 4.79 Å². The highest BCUT2D eigenvalue weighted by Crippen LogP contribution is 2.26. The van der Waals surface area contributed by atoms with Crippen molar-refractivity contribution in [2.45, 2.75) is 17.7 Å². The Morgan fingerprint density at radius 2 is 1.42 bits per heavy atom. The molecule has 1 amide bonds. The molecule has 6 heteroatoms. The number of carbonyl (C=O) groups is 1. The molecular weight excluding hydrogens is 464 g/mol. The number of likely N-dealkylation sites (N-methyl/N-ethyl adjacent to an activating group) is 1. The van der Waals surface area contributed by atoms with Gasteiger partial charge in [-0.3, -0.25) is 4.79 Å². The first-order chi connectivity index (χ1) is 17.7. The van der Waals surface area contributed by atoms with Gasteiger partial charge in [-0.05, 0) is 47.5 Å². The molecule has 5 rings (SSSR count). The summed E-state index contributed by atoms with van der Waals surface area (Å²) in [6.45, 7) is 6.72. The molecule has 0 saturated carbocycles. The number of benzene rings is 3. The lowest BCUT2D eigenvalue weighted by Gasteiger charge is -2.34. The van der Waals surface area contributed by atoms with Crippen LogP contribution in [0.5, 0.6) is 0 Å². The Morgan fingerprint density at radius 1 is 0.750 bits per heavy atom. The summed E-state index contributed by atoms with van der Waals surface area (Å²) in [7, 11) is 0. The third-order valence-electron chi connectivity index (χ3n) is 6.62. The lowest BCUT2D eigenvalue weighted by molar-refractivity contribution is 0.0643. The van der Waals surface area contributed by atoms with Crippen LogP contribution in [0.15, 0.2) is 96.0 Å². The van der Waals surface area contributed by atoms with Gasteiger partial charge in [-0.25, -0.2) is 0 Å². The summed E-state index contributed by atoms with van der Waals surface area (Å²) in [6.07, 6.45) is 0. The Morgan fingerprint density at radius 3 is 2.06 bits per heavy atom. The van der Waals surface area contributed by atoms with Gasteiger partial charge in [0.2, 0.25) is 0 Å². The monoisotopic (exact) mass is 494 g/mol. The number of hydrogen-bond acceptors (Lipinski definition) is 5. The van der Waals surface area contributed by atoms with Crippen molar-refractivity contribution in [1.82, 2.24) is 20.0 Å². The van der Waals surface area contributed by atoms with Crippen LogP contribution >= 0.6 is 11.8 Å². The Labute approximate surface area is 217 Å². The summed E-state index contributed by atoms with van der Waals surface area (Å²) in [5.74, 6) is 0.909. The average molecular weight is 495 g/mol. The molecule has 0 unspecified atom stereocenters. The van der Waals surface area contributed by atoms with Crippen molar-refractivity contribution in [2.24, 2.45) is 0 Å². The standard InChI is InChI=1S/C30H30N4OS/c1-2-33-18-20-34(21-19-33)30(35)27-10-8-23(9-11-27)22-36-29-17-16-28(31-32-29)26-14-12-25(13-15-26)24-6-4-3-5-7-24/h3-17H,2,18-22H2,1H3. The fourth-order valence-electron chi connectivity index (χ4n) is 4.37. The molecule has 1 aliphatic heterocycles. The highest BCUT2D eigenvalue weighted by atomic mass is 32.2. The summed E-state index contributed by atoms with van der Waals surface area (Å²) in [5.41, 5.74) is 6.22. The number of aromatic nitrogens is 2. The average Bonchev–Trinajstić information content (AvgIpc) is 2.97. The minimum Gasteiger partial charge on any atom is -0.336 e. The zero-order valence-corrected chi connectivity index (χ0v) is 21.3. The van der Waals surface area contributed by atoms with E-state index in [1.165, 1.54) is 11.1 Å². The molecule has 0 atom stereocenters. The van der Waals surface area contributed by atoms with E-state index in [0.717, 1.165) is 65.9 Å². The van der Waals surface area contributed by atoms with E-state index in [1.807, 2.05) is 47.4 Å². The molecule has 36 heavy (non-hydrogen) atoms. The Balaban J connectivity index is 1.15. The molecule has 4 aromatic rings.